The summed E-state index contributed by atoms with van der Waals surface area (Å²) in [4.78, 5) is 2.38. The zero-order valence-corrected chi connectivity index (χ0v) is 37.0. The van der Waals surface area contributed by atoms with Gasteiger partial charge in [-0.3, -0.25) is 0 Å². The van der Waals surface area contributed by atoms with Crippen LogP contribution >= 0.6 is 0 Å². The molecule has 0 fully saturated rings. The highest BCUT2D eigenvalue weighted by Gasteiger charge is 2.41. The van der Waals surface area contributed by atoms with E-state index in [0.29, 0.717) is 0 Å². The van der Waals surface area contributed by atoms with Crippen molar-refractivity contribution in [3.8, 4) is 77.9 Å². The van der Waals surface area contributed by atoms with E-state index >= 15 is 0 Å². The second-order valence-electron chi connectivity index (χ2n) is 18.4. The number of nitrogens with zero attached hydrogens (tertiary/aromatic N) is 1. The fraction of sp³-hybridized carbons (Fsp3) is 0.0462. The maximum atomic E-state index is 2.59. The monoisotopic (exact) mass is 839 g/mol. The highest BCUT2D eigenvalue weighted by molar-refractivity contribution is 6.29. The van der Waals surface area contributed by atoms with E-state index in [4.69, 9.17) is 0 Å². The van der Waals surface area contributed by atoms with Crippen molar-refractivity contribution in [1.29, 1.82) is 0 Å². The van der Waals surface area contributed by atoms with Crippen molar-refractivity contribution in [3.05, 3.63) is 248 Å². The third-order valence-electron chi connectivity index (χ3n) is 14.3. The standard InChI is InChI=1S/C65H45N/c1-65(2)57-40-50(66(48-28-11-5-12-29-48)49-30-13-6-14-31-49)36-37-53(57)62-54-34-19-35-55-61(54)56(41-58(62)65)64-60(47-27-18-25-45(39-47)43-22-9-4-10-23-43)52-33-16-15-32-51(52)59(63(55)64)46-26-17-24-44(38-46)42-20-7-3-8-21-42/h3-41H,1-2H3. The van der Waals surface area contributed by atoms with Gasteiger partial charge < -0.3 is 4.90 Å². The number of hydrogen-bond donors (Lipinski definition) is 0. The fourth-order valence-electron chi connectivity index (χ4n) is 11.4. The van der Waals surface area contributed by atoms with E-state index in [-0.39, 0.29) is 5.41 Å². The molecule has 0 bridgehead atoms. The molecule has 0 saturated heterocycles. The van der Waals surface area contributed by atoms with Crippen LogP contribution in [0.3, 0.4) is 0 Å². The van der Waals surface area contributed by atoms with Crippen molar-refractivity contribution in [3.63, 3.8) is 0 Å². The molecule has 0 saturated carbocycles. The van der Waals surface area contributed by atoms with Crippen LogP contribution < -0.4 is 4.90 Å². The molecular weight excluding hydrogens is 795 g/mol. The van der Waals surface area contributed by atoms with Gasteiger partial charge in [0.15, 0.2) is 0 Å². The minimum Gasteiger partial charge on any atom is -0.310 e. The largest absolute Gasteiger partial charge is 0.310 e. The van der Waals surface area contributed by atoms with Gasteiger partial charge in [0, 0.05) is 22.5 Å². The van der Waals surface area contributed by atoms with Crippen LogP contribution in [0.4, 0.5) is 17.1 Å². The van der Waals surface area contributed by atoms with Gasteiger partial charge in [0.1, 0.15) is 0 Å². The summed E-state index contributed by atoms with van der Waals surface area (Å²) < 4.78 is 0. The predicted octanol–water partition coefficient (Wildman–Crippen LogP) is 18.1. The first-order valence-corrected chi connectivity index (χ1v) is 23.1. The van der Waals surface area contributed by atoms with Gasteiger partial charge in [0.05, 0.1) is 0 Å². The molecule has 0 atom stereocenters. The number of para-hydroxylation sites is 2. The van der Waals surface area contributed by atoms with Gasteiger partial charge in [-0.25, -0.2) is 0 Å². The van der Waals surface area contributed by atoms with Gasteiger partial charge in [0.2, 0.25) is 0 Å². The van der Waals surface area contributed by atoms with E-state index in [2.05, 4.69) is 255 Å². The Balaban J connectivity index is 1.09. The highest BCUT2D eigenvalue weighted by Crippen LogP contribution is 2.62. The quantitative estimate of drug-likeness (QED) is 0.155. The van der Waals surface area contributed by atoms with Crippen LogP contribution in [0.1, 0.15) is 25.0 Å². The summed E-state index contributed by atoms with van der Waals surface area (Å²) in [6.07, 6.45) is 0. The molecule has 310 valence electrons. The number of benzene rings is 11. The Morgan fingerprint density at radius 2 is 0.727 bits per heavy atom. The molecule has 66 heavy (non-hydrogen) atoms. The Bertz CT molecular complexity index is 3660. The first kappa shape index (κ1) is 38.2. The second kappa shape index (κ2) is 14.9. The van der Waals surface area contributed by atoms with Crippen molar-refractivity contribution in [2.75, 3.05) is 4.90 Å². The lowest BCUT2D eigenvalue weighted by atomic mass is 9.79. The summed E-state index contributed by atoms with van der Waals surface area (Å²) in [7, 11) is 0. The Kier molecular flexibility index (Phi) is 8.63. The first-order valence-electron chi connectivity index (χ1n) is 23.1. The molecule has 0 N–H and O–H groups in total. The summed E-state index contributed by atoms with van der Waals surface area (Å²) >= 11 is 0. The van der Waals surface area contributed by atoms with E-state index in [9.17, 15) is 0 Å². The molecular formula is C65H45N. The van der Waals surface area contributed by atoms with E-state index in [1.165, 1.54) is 111 Å². The maximum Gasteiger partial charge on any atom is 0.0465 e. The Morgan fingerprint density at radius 3 is 1.29 bits per heavy atom. The zero-order chi connectivity index (χ0) is 43.9. The van der Waals surface area contributed by atoms with Crippen LogP contribution in [0.15, 0.2) is 237 Å². The molecule has 0 spiro atoms. The minimum atomic E-state index is -0.278. The van der Waals surface area contributed by atoms with Gasteiger partial charge in [-0.2, -0.15) is 0 Å². The number of anilines is 3. The fourth-order valence-corrected chi connectivity index (χ4v) is 11.4. The molecule has 0 radical (unpaired) electrons. The summed E-state index contributed by atoms with van der Waals surface area (Å²) in [5, 5.41) is 5.18. The molecule has 1 heteroatoms. The van der Waals surface area contributed by atoms with Crippen LogP contribution in [-0.4, -0.2) is 0 Å². The normalized spacial score (nSPS) is 12.8. The van der Waals surface area contributed by atoms with Gasteiger partial charge in [0.25, 0.3) is 0 Å². The minimum absolute atomic E-state index is 0.278. The topological polar surface area (TPSA) is 3.24 Å². The van der Waals surface area contributed by atoms with Crippen molar-refractivity contribution in [2.45, 2.75) is 19.3 Å². The lowest BCUT2D eigenvalue weighted by molar-refractivity contribution is 0.661. The molecule has 0 amide bonds. The molecule has 0 heterocycles. The lowest BCUT2D eigenvalue weighted by Gasteiger charge is -2.28. The number of hydrogen-bond acceptors (Lipinski definition) is 1. The molecule has 1 nitrogen and oxygen atoms in total. The van der Waals surface area contributed by atoms with Crippen molar-refractivity contribution >= 4 is 38.6 Å². The smallest absolute Gasteiger partial charge is 0.0465 e. The summed E-state index contributed by atoms with van der Waals surface area (Å²) in [5.41, 5.74) is 23.7. The molecule has 0 aliphatic heterocycles. The summed E-state index contributed by atoms with van der Waals surface area (Å²) in [5.74, 6) is 0. The second-order valence-corrected chi connectivity index (χ2v) is 18.4. The van der Waals surface area contributed by atoms with Crippen LogP contribution in [0.5, 0.6) is 0 Å². The average Bonchev–Trinajstić information content (AvgIpc) is 3.82. The van der Waals surface area contributed by atoms with E-state index < -0.39 is 0 Å². The molecule has 0 aromatic heterocycles. The molecule has 11 aromatic carbocycles. The Hall–Kier alpha value is -8.26. The molecule has 0 unspecified atom stereocenters. The van der Waals surface area contributed by atoms with Crippen LogP contribution in [0.25, 0.3) is 99.4 Å². The lowest BCUT2D eigenvalue weighted by Crippen LogP contribution is -2.16. The van der Waals surface area contributed by atoms with Gasteiger partial charge in [-0.15, -0.1) is 0 Å². The SMILES string of the molecule is CC1(C)c2cc(N(c3ccccc3)c3ccccc3)ccc2-c2c1cc1c3c(cccc23)-c2c-1c(-c1cccc(-c3ccccc3)c1)c1ccccc1c2-c1cccc(-c2ccccc2)c1. The molecule has 2 aliphatic rings. The molecule has 2 aliphatic carbocycles. The van der Waals surface area contributed by atoms with Gasteiger partial charge in [-0.05, 0) is 165 Å². The molecule has 13 rings (SSSR count). The van der Waals surface area contributed by atoms with Crippen molar-refractivity contribution < 1.29 is 0 Å². The Labute approximate surface area is 386 Å². The maximum absolute atomic E-state index is 2.59. The third kappa shape index (κ3) is 5.80. The predicted molar refractivity (Wildman–Crippen MR) is 280 cm³/mol. The summed E-state index contributed by atoms with van der Waals surface area (Å²) in [6, 6.07) is 87.5. The van der Waals surface area contributed by atoms with E-state index in [0.717, 1.165) is 17.1 Å². The van der Waals surface area contributed by atoms with E-state index in [1.54, 1.807) is 0 Å². The highest BCUT2D eigenvalue weighted by atomic mass is 15.1. The zero-order valence-electron chi connectivity index (χ0n) is 37.0. The van der Waals surface area contributed by atoms with Gasteiger partial charge in [-0.1, -0.05) is 196 Å². The van der Waals surface area contributed by atoms with Crippen LogP contribution in [-0.2, 0) is 5.41 Å². The van der Waals surface area contributed by atoms with Crippen LogP contribution in [0.2, 0.25) is 0 Å². The average molecular weight is 840 g/mol. The Morgan fingerprint density at radius 1 is 0.273 bits per heavy atom. The van der Waals surface area contributed by atoms with Crippen molar-refractivity contribution in [2.24, 2.45) is 0 Å². The number of fused-ring (bicyclic) bond motifs is 8. The van der Waals surface area contributed by atoms with Crippen molar-refractivity contribution in [1.82, 2.24) is 0 Å². The van der Waals surface area contributed by atoms with Gasteiger partial charge >= 0.3 is 0 Å². The van der Waals surface area contributed by atoms with E-state index in [1.807, 2.05) is 0 Å². The summed E-state index contributed by atoms with van der Waals surface area (Å²) in [6.45, 7) is 4.86. The molecule has 11 aromatic rings. The number of rotatable bonds is 7. The van der Waals surface area contributed by atoms with Crippen LogP contribution in [0, 0.1) is 0 Å². The third-order valence-corrected chi connectivity index (χ3v) is 14.3. The first-order chi connectivity index (χ1) is 32.5.